The maximum absolute atomic E-state index is 17.2. The van der Waals surface area contributed by atoms with Crippen molar-refractivity contribution < 1.29 is 48.4 Å². The first-order chi connectivity index (χ1) is 19.1. The molecule has 11 heteroatoms. The average Bonchev–Trinajstić information content (AvgIpc) is 3.09. The minimum Gasteiger partial charge on any atom is -0.481 e. The molecule has 1 amide bonds. The Hall–Kier alpha value is -2.92. The van der Waals surface area contributed by atoms with Crippen molar-refractivity contribution in [3.8, 4) is 0 Å². The van der Waals surface area contributed by atoms with E-state index in [2.05, 4.69) is 5.32 Å². The highest BCUT2D eigenvalue weighted by atomic mass is 19.1. The summed E-state index contributed by atoms with van der Waals surface area (Å²) in [5.41, 5.74) is -5.76. The molecule has 0 saturated heterocycles. The lowest BCUT2D eigenvalue weighted by Crippen LogP contribution is -2.69. The van der Waals surface area contributed by atoms with E-state index in [1.807, 2.05) is 0 Å². The third-order valence-electron chi connectivity index (χ3n) is 10.5. The van der Waals surface area contributed by atoms with Crippen LogP contribution in [0.3, 0.4) is 0 Å². The monoisotopic (exact) mass is 577 g/mol. The van der Waals surface area contributed by atoms with Gasteiger partial charge in [-0.1, -0.05) is 25.5 Å². The first kappa shape index (κ1) is 31.0. The predicted molar refractivity (Wildman–Crippen MR) is 143 cm³/mol. The fourth-order valence-electron chi connectivity index (χ4n) is 8.26. The minimum atomic E-state index is -2.09. The number of amides is 1. The van der Waals surface area contributed by atoms with Gasteiger partial charge in [0, 0.05) is 36.1 Å². The molecular formula is C30H40FNO9. The molecule has 0 aromatic heterocycles. The Balaban J connectivity index is 1.42. The molecule has 4 rings (SSSR count). The van der Waals surface area contributed by atoms with Crippen LogP contribution in [0.25, 0.3) is 0 Å². The van der Waals surface area contributed by atoms with Gasteiger partial charge in [0.2, 0.25) is 11.7 Å². The molecule has 0 heterocycles. The van der Waals surface area contributed by atoms with Crippen molar-refractivity contribution in [2.45, 2.75) is 89.5 Å². The van der Waals surface area contributed by atoms with Crippen molar-refractivity contribution in [1.82, 2.24) is 5.32 Å². The molecule has 8 atom stereocenters. The molecule has 3 fully saturated rings. The number of hydrogen-bond acceptors (Lipinski definition) is 8. The van der Waals surface area contributed by atoms with Crippen LogP contribution in [-0.4, -0.2) is 75.3 Å². The zero-order valence-electron chi connectivity index (χ0n) is 23.8. The van der Waals surface area contributed by atoms with Crippen LogP contribution >= 0.6 is 0 Å². The Morgan fingerprint density at radius 3 is 2.54 bits per heavy atom. The molecule has 0 radical (unpaired) electrons. The summed E-state index contributed by atoms with van der Waals surface area (Å²) in [6.45, 7) is 4.36. The zero-order chi connectivity index (χ0) is 30.4. The van der Waals surface area contributed by atoms with E-state index >= 15 is 4.39 Å². The highest BCUT2D eigenvalue weighted by Crippen LogP contribution is 2.70. The number of carboxylic acid groups (broad SMARTS) is 1. The van der Waals surface area contributed by atoms with Gasteiger partial charge in [-0.05, 0) is 63.0 Å². The van der Waals surface area contributed by atoms with E-state index < -0.39 is 76.2 Å². The van der Waals surface area contributed by atoms with Crippen LogP contribution in [0.4, 0.5) is 4.39 Å². The Labute approximate surface area is 238 Å². The summed E-state index contributed by atoms with van der Waals surface area (Å²) in [6, 6.07) is 0. The van der Waals surface area contributed by atoms with Crippen LogP contribution < -0.4 is 5.32 Å². The Kier molecular flexibility index (Phi) is 8.36. The Morgan fingerprint density at radius 1 is 1.15 bits per heavy atom. The number of aliphatic hydroxyl groups excluding tert-OH is 1. The summed E-state index contributed by atoms with van der Waals surface area (Å²) >= 11 is 0. The van der Waals surface area contributed by atoms with E-state index in [0.29, 0.717) is 24.8 Å². The maximum Gasteiger partial charge on any atom is 0.308 e. The van der Waals surface area contributed by atoms with Gasteiger partial charge >= 0.3 is 11.9 Å². The largest absolute Gasteiger partial charge is 0.481 e. The van der Waals surface area contributed by atoms with Gasteiger partial charge in [-0.2, -0.15) is 0 Å². The van der Waals surface area contributed by atoms with Gasteiger partial charge < -0.3 is 25.4 Å². The number of aliphatic carboxylic acids is 1. The summed E-state index contributed by atoms with van der Waals surface area (Å²) < 4.78 is 22.4. The first-order valence-corrected chi connectivity index (χ1v) is 14.3. The summed E-state index contributed by atoms with van der Waals surface area (Å²) in [4.78, 5) is 60.0. The number of nitrogens with one attached hydrogen (secondary N) is 1. The molecule has 226 valence electrons. The number of esters is 1. The number of allylic oxidation sites excluding steroid dienone is 4. The summed E-state index contributed by atoms with van der Waals surface area (Å²) in [5, 5.41) is 34.5. The normalized spacial score (nSPS) is 39.2. The van der Waals surface area contributed by atoms with Gasteiger partial charge in [-0.15, -0.1) is 0 Å². The number of fused-ring (bicyclic) bond motifs is 5. The molecule has 0 aromatic carbocycles. The molecule has 0 spiro atoms. The van der Waals surface area contributed by atoms with E-state index in [-0.39, 0.29) is 44.4 Å². The SMILES string of the molecule is C[C@@H]1C[C@H]2[C@@H]3CCC4=CC(=O)C=C[C@]4(C)[C@@]3(F)[C@@H](O)C[C@]2(C)[C@@]1(O)C(=O)COC(=O)CCNC(=O)CCCC(=O)O. The second-order valence-corrected chi connectivity index (χ2v) is 12.6. The van der Waals surface area contributed by atoms with E-state index in [4.69, 9.17) is 9.84 Å². The summed E-state index contributed by atoms with van der Waals surface area (Å²) in [5.74, 6) is -4.78. The topological polar surface area (TPSA) is 167 Å². The van der Waals surface area contributed by atoms with Crippen molar-refractivity contribution in [2.24, 2.45) is 28.6 Å². The number of carbonyl (C=O) groups is 5. The molecule has 0 unspecified atom stereocenters. The average molecular weight is 578 g/mol. The van der Waals surface area contributed by atoms with Crippen molar-refractivity contribution in [3.63, 3.8) is 0 Å². The van der Waals surface area contributed by atoms with Gasteiger partial charge in [0.15, 0.2) is 18.1 Å². The highest BCUT2D eigenvalue weighted by Gasteiger charge is 2.75. The van der Waals surface area contributed by atoms with Crippen LogP contribution in [0.15, 0.2) is 23.8 Å². The number of hydrogen-bond donors (Lipinski definition) is 4. The lowest BCUT2D eigenvalue weighted by Gasteiger charge is -2.62. The first-order valence-electron chi connectivity index (χ1n) is 14.3. The van der Waals surface area contributed by atoms with Gasteiger partial charge in [0.05, 0.1) is 12.5 Å². The number of halogens is 1. The standard InChI is InChI=1S/C30H40FNO9/c1-17-13-21-20-8-7-18-14-19(33)9-11-27(18,2)29(20,31)22(34)15-28(21,3)30(17,40)23(35)16-41-26(39)10-12-32-24(36)5-4-6-25(37)38/h9,11,14,17,20-22,34,40H,4-8,10,12-13,15-16H2,1-3H3,(H,32,36)(H,37,38)/t17-,20+,21+,22+,27+,28+,29+,30+/m1/s1. The number of ketones is 2. The molecule has 4 N–H and O–H groups in total. The Bertz CT molecular complexity index is 1200. The lowest BCUT2D eigenvalue weighted by atomic mass is 9.44. The van der Waals surface area contributed by atoms with E-state index in [0.717, 1.165) is 0 Å². The number of ether oxygens (including phenoxy) is 1. The fraction of sp³-hybridized carbons (Fsp3) is 0.700. The maximum atomic E-state index is 17.2. The van der Waals surface area contributed by atoms with Crippen LogP contribution in [0, 0.1) is 28.6 Å². The number of carbonyl (C=O) groups excluding carboxylic acids is 4. The molecule has 0 bridgehead atoms. The summed E-state index contributed by atoms with van der Waals surface area (Å²) in [6.07, 6.45) is 3.65. The molecule has 0 aromatic rings. The van der Waals surface area contributed by atoms with E-state index in [1.165, 1.54) is 12.2 Å². The fourth-order valence-corrected chi connectivity index (χ4v) is 8.26. The molecule has 3 saturated carbocycles. The molecule has 0 aliphatic heterocycles. The highest BCUT2D eigenvalue weighted by molar-refractivity contribution is 6.01. The molecule has 4 aliphatic carbocycles. The quantitative estimate of drug-likeness (QED) is 0.285. The zero-order valence-corrected chi connectivity index (χ0v) is 23.8. The van der Waals surface area contributed by atoms with Gasteiger partial charge in [0.25, 0.3) is 0 Å². The molecular weight excluding hydrogens is 537 g/mol. The van der Waals surface area contributed by atoms with E-state index in [1.54, 1.807) is 26.8 Å². The minimum absolute atomic E-state index is 0.00266. The third-order valence-corrected chi connectivity index (χ3v) is 10.5. The second kappa shape index (κ2) is 11.1. The van der Waals surface area contributed by atoms with Crippen LogP contribution in [0.1, 0.15) is 72.1 Å². The number of rotatable bonds is 10. The third kappa shape index (κ3) is 4.94. The van der Waals surface area contributed by atoms with Crippen molar-refractivity contribution in [3.05, 3.63) is 23.8 Å². The van der Waals surface area contributed by atoms with Crippen molar-refractivity contribution in [1.29, 1.82) is 0 Å². The number of alkyl halides is 1. The van der Waals surface area contributed by atoms with E-state index in [9.17, 15) is 34.2 Å². The number of aliphatic hydroxyl groups is 2. The smallest absolute Gasteiger partial charge is 0.308 e. The van der Waals surface area contributed by atoms with Crippen molar-refractivity contribution >= 4 is 29.4 Å². The van der Waals surface area contributed by atoms with Crippen LogP contribution in [0.2, 0.25) is 0 Å². The lowest BCUT2D eigenvalue weighted by molar-refractivity contribution is -0.220. The number of Topliss-reactive ketones (excluding diaryl/α,β-unsaturated/α-hetero) is 1. The van der Waals surface area contributed by atoms with Crippen LogP contribution in [-0.2, 0) is 28.7 Å². The molecule has 10 nitrogen and oxygen atoms in total. The molecule has 4 aliphatic rings. The van der Waals surface area contributed by atoms with Crippen LogP contribution in [0.5, 0.6) is 0 Å². The van der Waals surface area contributed by atoms with Crippen molar-refractivity contribution in [2.75, 3.05) is 13.2 Å². The van der Waals surface area contributed by atoms with Gasteiger partial charge in [-0.3, -0.25) is 24.0 Å². The summed E-state index contributed by atoms with van der Waals surface area (Å²) in [7, 11) is 0. The van der Waals surface area contributed by atoms with Gasteiger partial charge in [0.1, 0.15) is 5.60 Å². The van der Waals surface area contributed by atoms with Gasteiger partial charge in [-0.25, -0.2) is 4.39 Å². The second-order valence-electron chi connectivity index (χ2n) is 12.6. The Morgan fingerprint density at radius 2 is 1.85 bits per heavy atom. The number of carboxylic acids is 1. The molecule has 41 heavy (non-hydrogen) atoms. The predicted octanol–water partition coefficient (Wildman–Crippen LogP) is 2.21.